The first kappa shape index (κ1) is 8.38. The Hall–Kier alpha value is -0.220. The molecule has 0 aromatic heterocycles. The summed E-state index contributed by atoms with van der Waals surface area (Å²) in [6, 6.07) is 0.504. The van der Waals surface area contributed by atoms with Crippen LogP contribution in [0.25, 0.3) is 0 Å². The molecule has 68 valence electrons. The van der Waals surface area contributed by atoms with Crippen LogP contribution in [0.1, 0.15) is 19.3 Å². The van der Waals surface area contributed by atoms with Crippen LogP contribution in [0.2, 0.25) is 0 Å². The Bertz CT molecular complexity index is 176. The van der Waals surface area contributed by atoms with Gasteiger partial charge in [0.15, 0.2) is 0 Å². The largest absolute Gasteiger partial charge is 0.353 e. The second-order valence-corrected chi connectivity index (χ2v) is 4.67. The maximum Gasteiger partial charge on any atom is 0.222 e. The SMILES string of the molecule is O=C(CC1NCCS1)NC1CC1. The van der Waals surface area contributed by atoms with Crippen LogP contribution in [0.5, 0.6) is 0 Å². The normalized spacial score (nSPS) is 28.8. The van der Waals surface area contributed by atoms with Crippen LogP contribution in [0.3, 0.4) is 0 Å². The van der Waals surface area contributed by atoms with Crippen LogP contribution in [0.15, 0.2) is 0 Å². The van der Waals surface area contributed by atoms with Gasteiger partial charge in [0, 0.05) is 18.3 Å². The molecular weight excluding hydrogens is 172 g/mol. The number of amides is 1. The molecule has 1 unspecified atom stereocenters. The van der Waals surface area contributed by atoms with E-state index in [0.717, 1.165) is 12.3 Å². The van der Waals surface area contributed by atoms with Gasteiger partial charge in [0.05, 0.1) is 11.8 Å². The molecule has 0 aromatic rings. The number of nitrogens with one attached hydrogen (secondary N) is 2. The van der Waals surface area contributed by atoms with Gasteiger partial charge in [-0.3, -0.25) is 4.79 Å². The van der Waals surface area contributed by atoms with E-state index in [1.165, 1.54) is 12.8 Å². The second-order valence-electron chi connectivity index (χ2n) is 3.36. The Labute approximate surface area is 76.7 Å². The molecule has 2 aliphatic rings. The van der Waals surface area contributed by atoms with Gasteiger partial charge < -0.3 is 10.6 Å². The van der Waals surface area contributed by atoms with E-state index in [4.69, 9.17) is 0 Å². The number of thioether (sulfide) groups is 1. The molecule has 0 radical (unpaired) electrons. The van der Waals surface area contributed by atoms with Crippen LogP contribution in [0.4, 0.5) is 0 Å². The van der Waals surface area contributed by atoms with E-state index in [1.54, 1.807) is 0 Å². The lowest BCUT2D eigenvalue weighted by Gasteiger charge is -2.08. The fourth-order valence-electron chi connectivity index (χ4n) is 1.29. The highest BCUT2D eigenvalue weighted by molar-refractivity contribution is 8.00. The second kappa shape index (κ2) is 3.66. The first-order chi connectivity index (χ1) is 5.84. The molecule has 1 aliphatic heterocycles. The highest BCUT2D eigenvalue weighted by atomic mass is 32.2. The zero-order chi connectivity index (χ0) is 8.39. The minimum atomic E-state index is 0.212. The van der Waals surface area contributed by atoms with Crippen LogP contribution < -0.4 is 10.6 Å². The van der Waals surface area contributed by atoms with E-state index < -0.39 is 0 Å². The van der Waals surface area contributed by atoms with E-state index >= 15 is 0 Å². The summed E-state index contributed by atoms with van der Waals surface area (Å²) in [6.45, 7) is 1.05. The smallest absolute Gasteiger partial charge is 0.222 e. The van der Waals surface area contributed by atoms with Gasteiger partial charge in [-0.05, 0) is 12.8 Å². The Kier molecular flexibility index (Phi) is 2.56. The van der Waals surface area contributed by atoms with Gasteiger partial charge in [0.25, 0.3) is 0 Å². The van der Waals surface area contributed by atoms with E-state index in [9.17, 15) is 4.79 Å². The average Bonchev–Trinajstić information content (AvgIpc) is 2.66. The average molecular weight is 186 g/mol. The molecule has 1 amide bonds. The van der Waals surface area contributed by atoms with E-state index in [0.29, 0.717) is 17.8 Å². The molecule has 2 N–H and O–H groups in total. The third kappa shape index (κ3) is 2.38. The predicted molar refractivity (Wildman–Crippen MR) is 50.0 cm³/mol. The van der Waals surface area contributed by atoms with Crippen LogP contribution in [-0.2, 0) is 4.79 Å². The van der Waals surface area contributed by atoms with Crippen molar-refractivity contribution in [2.75, 3.05) is 12.3 Å². The van der Waals surface area contributed by atoms with Crippen molar-refractivity contribution in [3.8, 4) is 0 Å². The molecule has 1 atom stereocenters. The Morgan fingerprint density at radius 1 is 1.58 bits per heavy atom. The molecule has 2 fully saturated rings. The molecule has 4 heteroatoms. The fourth-order valence-corrected chi connectivity index (χ4v) is 2.32. The molecular formula is C8H14N2OS. The van der Waals surface area contributed by atoms with Gasteiger partial charge in [-0.1, -0.05) is 0 Å². The number of hydrogen-bond acceptors (Lipinski definition) is 3. The molecule has 12 heavy (non-hydrogen) atoms. The molecule has 1 heterocycles. The van der Waals surface area contributed by atoms with Crippen LogP contribution in [-0.4, -0.2) is 29.6 Å². The van der Waals surface area contributed by atoms with Gasteiger partial charge in [0.1, 0.15) is 0 Å². The molecule has 3 nitrogen and oxygen atoms in total. The quantitative estimate of drug-likeness (QED) is 0.667. The lowest BCUT2D eigenvalue weighted by atomic mass is 10.4. The molecule has 1 aliphatic carbocycles. The Balaban J connectivity index is 1.66. The van der Waals surface area contributed by atoms with Gasteiger partial charge >= 0.3 is 0 Å². The minimum absolute atomic E-state index is 0.212. The highest BCUT2D eigenvalue weighted by Crippen LogP contribution is 2.20. The lowest BCUT2D eigenvalue weighted by molar-refractivity contribution is -0.121. The van der Waals surface area contributed by atoms with Crippen molar-refractivity contribution in [3.63, 3.8) is 0 Å². The number of hydrogen-bond donors (Lipinski definition) is 2. The zero-order valence-corrected chi connectivity index (χ0v) is 7.82. The zero-order valence-electron chi connectivity index (χ0n) is 7.01. The summed E-state index contributed by atoms with van der Waals surface area (Å²) in [4.78, 5) is 11.3. The molecule has 0 bridgehead atoms. The van der Waals surface area contributed by atoms with E-state index in [1.807, 2.05) is 11.8 Å². The molecule has 2 rings (SSSR count). The van der Waals surface area contributed by atoms with Crippen LogP contribution in [0, 0.1) is 0 Å². The lowest BCUT2D eigenvalue weighted by Crippen LogP contribution is -2.31. The van der Waals surface area contributed by atoms with Gasteiger partial charge in [-0.2, -0.15) is 0 Å². The third-order valence-electron chi connectivity index (χ3n) is 2.11. The summed E-state index contributed by atoms with van der Waals surface area (Å²) in [7, 11) is 0. The molecule has 0 spiro atoms. The first-order valence-electron chi connectivity index (χ1n) is 4.49. The summed E-state index contributed by atoms with van der Waals surface area (Å²) in [6.07, 6.45) is 3.00. The van der Waals surface area contributed by atoms with Crippen LogP contribution >= 0.6 is 11.8 Å². The van der Waals surface area contributed by atoms with Crippen molar-refractivity contribution in [3.05, 3.63) is 0 Å². The maximum atomic E-state index is 11.3. The molecule has 1 saturated heterocycles. The topological polar surface area (TPSA) is 41.1 Å². The maximum absolute atomic E-state index is 11.3. The summed E-state index contributed by atoms with van der Waals surface area (Å²) in [5.41, 5.74) is 0. The summed E-state index contributed by atoms with van der Waals surface area (Å²) in [5, 5.41) is 6.64. The van der Waals surface area contributed by atoms with Crippen molar-refractivity contribution < 1.29 is 4.79 Å². The fraction of sp³-hybridized carbons (Fsp3) is 0.875. The van der Waals surface area contributed by atoms with Crippen molar-refractivity contribution in [1.29, 1.82) is 0 Å². The van der Waals surface area contributed by atoms with Crippen molar-refractivity contribution in [2.45, 2.75) is 30.7 Å². The summed E-state index contributed by atoms with van der Waals surface area (Å²) in [5.74, 6) is 1.35. The number of carbonyl (C=O) groups excluding carboxylic acids is 1. The van der Waals surface area contributed by atoms with Crippen molar-refractivity contribution in [2.24, 2.45) is 0 Å². The monoisotopic (exact) mass is 186 g/mol. The predicted octanol–water partition coefficient (Wildman–Crippen LogP) is 0.318. The third-order valence-corrected chi connectivity index (χ3v) is 3.28. The van der Waals surface area contributed by atoms with Gasteiger partial charge in [-0.25, -0.2) is 0 Å². The van der Waals surface area contributed by atoms with E-state index in [-0.39, 0.29) is 5.91 Å². The minimum Gasteiger partial charge on any atom is -0.353 e. The Morgan fingerprint density at radius 3 is 3.00 bits per heavy atom. The number of carbonyl (C=O) groups is 1. The van der Waals surface area contributed by atoms with E-state index in [2.05, 4.69) is 10.6 Å². The summed E-state index contributed by atoms with van der Waals surface area (Å²) < 4.78 is 0. The number of rotatable bonds is 3. The molecule has 0 aromatic carbocycles. The van der Waals surface area contributed by atoms with Crippen molar-refractivity contribution >= 4 is 17.7 Å². The van der Waals surface area contributed by atoms with Gasteiger partial charge in [0.2, 0.25) is 5.91 Å². The standard InChI is InChI=1S/C8H14N2OS/c11-7(10-6-1-2-6)5-8-9-3-4-12-8/h6,8-9H,1-5H2,(H,10,11). The highest BCUT2D eigenvalue weighted by Gasteiger charge is 2.25. The Morgan fingerprint density at radius 2 is 2.42 bits per heavy atom. The summed E-state index contributed by atoms with van der Waals surface area (Å²) >= 11 is 1.85. The van der Waals surface area contributed by atoms with Gasteiger partial charge in [-0.15, -0.1) is 11.8 Å². The van der Waals surface area contributed by atoms with Crippen molar-refractivity contribution in [1.82, 2.24) is 10.6 Å². The first-order valence-corrected chi connectivity index (χ1v) is 5.54. The molecule has 1 saturated carbocycles.